The fraction of sp³-hybridized carbons (Fsp3) is 0.412. The van der Waals surface area contributed by atoms with Crippen molar-refractivity contribution in [3.05, 3.63) is 34.7 Å². The zero-order valence-electron chi connectivity index (χ0n) is 14.4. The van der Waals surface area contributed by atoms with Crippen LogP contribution < -0.4 is 5.32 Å². The number of sulfonamides is 1. The van der Waals surface area contributed by atoms with Gasteiger partial charge in [-0.15, -0.1) is 11.3 Å². The molecule has 1 atom stereocenters. The van der Waals surface area contributed by atoms with Crippen LogP contribution in [0.15, 0.2) is 23.6 Å². The number of aromatic nitrogens is 1. The summed E-state index contributed by atoms with van der Waals surface area (Å²) in [6, 6.07) is 5.47. The molecule has 1 amide bonds. The van der Waals surface area contributed by atoms with Crippen molar-refractivity contribution in [2.24, 2.45) is 0 Å². The standard InChI is InChI=1S/C17H21N3O3S2/c1-11-6-7-13(9-12(11)2)14-10-24-17(18-14)19-16(21)15-5-4-8-20(15)25(3,22)23/h6-7,9-10,15H,4-5,8H2,1-3H3,(H,18,19,21). The van der Waals surface area contributed by atoms with Crippen molar-refractivity contribution in [1.82, 2.24) is 9.29 Å². The summed E-state index contributed by atoms with van der Waals surface area (Å²) in [4.78, 5) is 16.9. The normalized spacial score (nSPS) is 18.4. The summed E-state index contributed by atoms with van der Waals surface area (Å²) in [6.45, 7) is 4.50. The number of aryl methyl sites for hydroxylation is 2. The topological polar surface area (TPSA) is 79.4 Å². The van der Waals surface area contributed by atoms with Gasteiger partial charge in [-0.05, 0) is 43.9 Å². The maximum absolute atomic E-state index is 12.5. The van der Waals surface area contributed by atoms with Gasteiger partial charge < -0.3 is 5.32 Å². The quantitative estimate of drug-likeness (QED) is 0.886. The van der Waals surface area contributed by atoms with Crippen molar-refractivity contribution in [1.29, 1.82) is 0 Å². The van der Waals surface area contributed by atoms with Gasteiger partial charge in [-0.3, -0.25) is 4.79 Å². The van der Waals surface area contributed by atoms with Gasteiger partial charge in [0.15, 0.2) is 5.13 Å². The largest absolute Gasteiger partial charge is 0.301 e. The first-order chi connectivity index (χ1) is 11.8. The highest BCUT2D eigenvalue weighted by molar-refractivity contribution is 7.88. The first kappa shape index (κ1) is 18.0. The van der Waals surface area contributed by atoms with Crippen LogP contribution in [0.3, 0.4) is 0 Å². The second kappa shape index (κ2) is 6.86. The highest BCUT2D eigenvalue weighted by atomic mass is 32.2. The molecular weight excluding hydrogens is 358 g/mol. The molecule has 1 N–H and O–H groups in total. The maximum atomic E-state index is 12.5. The monoisotopic (exact) mass is 379 g/mol. The highest BCUT2D eigenvalue weighted by Gasteiger charge is 2.36. The molecule has 134 valence electrons. The Morgan fingerprint density at radius 2 is 2.08 bits per heavy atom. The van der Waals surface area contributed by atoms with Gasteiger partial charge in [-0.25, -0.2) is 13.4 Å². The van der Waals surface area contributed by atoms with Crippen molar-refractivity contribution in [3.63, 3.8) is 0 Å². The lowest BCUT2D eigenvalue weighted by atomic mass is 10.1. The van der Waals surface area contributed by atoms with Crippen molar-refractivity contribution >= 4 is 32.4 Å². The minimum atomic E-state index is -3.38. The molecule has 0 bridgehead atoms. The molecule has 1 fully saturated rings. The molecule has 8 heteroatoms. The molecule has 0 spiro atoms. The molecule has 6 nitrogen and oxygen atoms in total. The summed E-state index contributed by atoms with van der Waals surface area (Å²) in [7, 11) is -3.38. The number of nitrogens with zero attached hydrogens (tertiary/aromatic N) is 2. The second-order valence-electron chi connectivity index (χ2n) is 6.36. The molecule has 1 unspecified atom stereocenters. The number of nitrogens with one attached hydrogen (secondary N) is 1. The van der Waals surface area contributed by atoms with Crippen molar-refractivity contribution in [2.75, 3.05) is 18.1 Å². The molecule has 1 saturated heterocycles. The number of carbonyl (C=O) groups excluding carboxylic acids is 1. The molecule has 2 aromatic rings. The lowest BCUT2D eigenvalue weighted by Gasteiger charge is -2.20. The van der Waals surface area contributed by atoms with E-state index in [0.29, 0.717) is 24.5 Å². The van der Waals surface area contributed by atoms with Gasteiger partial charge in [-0.2, -0.15) is 4.31 Å². The van der Waals surface area contributed by atoms with E-state index in [0.717, 1.165) is 17.5 Å². The van der Waals surface area contributed by atoms with Gasteiger partial charge in [0.25, 0.3) is 0 Å². The third kappa shape index (κ3) is 3.91. The first-order valence-corrected chi connectivity index (χ1v) is 10.8. The molecule has 2 heterocycles. The van der Waals surface area contributed by atoms with Crippen LogP contribution in [0.25, 0.3) is 11.3 Å². The molecule has 1 aromatic heterocycles. The van der Waals surface area contributed by atoms with E-state index in [1.807, 2.05) is 24.4 Å². The number of hydrogen-bond acceptors (Lipinski definition) is 5. The number of carbonyl (C=O) groups is 1. The molecule has 1 aliphatic rings. The summed E-state index contributed by atoms with van der Waals surface area (Å²) in [6.07, 6.45) is 2.37. The predicted molar refractivity (Wildman–Crippen MR) is 100 cm³/mol. The van der Waals surface area contributed by atoms with Gasteiger partial charge in [0.05, 0.1) is 11.9 Å². The van der Waals surface area contributed by atoms with E-state index in [-0.39, 0.29) is 5.91 Å². The Hall–Kier alpha value is -1.77. The van der Waals surface area contributed by atoms with Crippen molar-refractivity contribution in [2.45, 2.75) is 32.7 Å². The van der Waals surface area contributed by atoms with E-state index >= 15 is 0 Å². The zero-order chi connectivity index (χ0) is 18.2. The minimum Gasteiger partial charge on any atom is -0.301 e. The predicted octanol–water partition coefficient (Wildman–Crippen LogP) is 2.79. The Morgan fingerprint density at radius 1 is 1.32 bits per heavy atom. The zero-order valence-corrected chi connectivity index (χ0v) is 16.1. The van der Waals surface area contributed by atoms with Crippen LogP contribution in [0, 0.1) is 13.8 Å². The molecule has 1 aromatic carbocycles. The summed E-state index contributed by atoms with van der Waals surface area (Å²) in [5.41, 5.74) is 4.20. The Kier molecular flexibility index (Phi) is 4.95. The molecule has 25 heavy (non-hydrogen) atoms. The third-order valence-electron chi connectivity index (χ3n) is 4.47. The number of hydrogen-bond donors (Lipinski definition) is 1. The van der Waals surface area contributed by atoms with Crippen LogP contribution >= 0.6 is 11.3 Å². The first-order valence-electron chi connectivity index (χ1n) is 8.06. The van der Waals surface area contributed by atoms with E-state index in [4.69, 9.17) is 0 Å². The van der Waals surface area contributed by atoms with Crippen molar-refractivity contribution in [3.8, 4) is 11.3 Å². The number of anilines is 1. The lowest BCUT2D eigenvalue weighted by Crippen LogP contribution is -2.42. The van der Waals surface area contributed by atoms with Gasteiger partial charge in [0, 0.05) is 17.5 Å². The molecule has 0 radical (unpaired) electrons. The molecule has 1 aliphatic heterocycles. The van der Waals surface area contributed by atoms with Crippen LogP contribution in [-0.2, 0) is 14.8 Å². The second-order valence-corrected chi connectivity index (χ2v) is 9.15. The van der Waals surface area contributed by atoms with Crippen molar-refractivity contribution < 1.29 is 13.2 Å². The van der Waals surface area contributed by atoms with Crippen LogP contribution in [0.1, 0.15) is 24.0 Å². The van der Waals surface area contributed by atoms with Gasteiger partial charge in [0.2, 0.25) is 15.9 Å². The molecular formula is C17H21N3O3S2. The summed E-state index contributed by atoms with van der Waals surface area (Å²) >= 11 is 1.34. The number of thiazole rings is 1. The molecule has 0 aliphatic carbocycles. The maximum Gasteiger partial charge on any atom is 0.244 e. The fourth-order valence-corrected chi connectivity index (χ4v) is 4.80. The van der Waals surface area contributed by atoms with Crippen LogP contribution in [0.2, 0.25) is 0 Å². The SMILES string of the molecule is Cc1ccc(-c2csc(NC(=O)C3CCCN3S(C)(=O)=O)n2)cc1C. The van der Waals surface area contributed by atoms with Crippen LogP contribution in [0.4, 0.5) is 5.13 Å². The smallest absolute Gasteiger partial charge is 0.244 e. The van der Waals surface area contributed by atoms with E-state index in [1.54, 1.807) is 0 Å². The Bertz CT molecular complexity index is 906. The average molecular weight is 380 g/mol. The van der Waals surface area contributed by atoms with Gasteiger partial charge in [0.1, 0.15) is 6.04 Å². The van der Waals surface area contributed by atoms with E-state index in [1.165, 1.54) is 26.8 Å². The van der Waals surface area contributed by atoms with E-state index in [2.05, 4.69) is 23.3 Å². The van der Waals surface area contributed by atoms with Gasteiger partial charge >= 0.3 is 0 Å². The molecule has 0 saturated carbocycles. The Labute approximate surface area is 151 Å². The number of rotatable bonds is 4. The average Bonchev–Trinajstić information content (AvgIpc) is 3.18. The van der Waals surface area contributed by atoms with E-state index < -0.39 is 16.1 Å². The summed E-state index contributed by atoms with van der Waals surface area (Å²) < 4.78 is 24.8. The fourth-order valence-electron chi connectivity index (χ4n) is 2.95. The third-order valence-corrected chi connectivity index (χ3v) is 6.52. The Morgan fingerprint density at radius 3 is 2.76 bits per heavy atom. The number of amides is 1. The summed E-state index contributed by atoms with van der Waals surface area (Å²) in [5, 5.41) is 5.14. The van der Waals surface area contributed by atoms with Crippen LogP contribution in [-0.4, -0.2) is 42.5 Å². The highest BCUT2D eigenvalue weighted by Crippen LogP contribution is 2.28. The number of benzene rings is 1. The Balaban J connectivity index is 1.75. The van der Waals surface area contributed by atoms with E-state index in [9.17, 15) is 13.2 Å². The molecule has 3 rings (SSSR count). The van der Waals surface area contributed by atoms with Crippen LogP contribution in [0.5, 0.6) is 0 Å². The van der Waals surface area contributed by atoms with Gasteiger partial charge in [-0.1, -0.05) is 12.1 Å². The lowest BCUT2D eigenvalue weighted by molar-refractivity contribution is -0.119. The summed E-state index contributed by atoms with van der Waals surface area (Å²) in [5.74, 6) is -0.316. The minimum absolute atomic E-state index is 0.316.